The summed E-state index contributed by atoms with van der Waals surface area (Å²) in [5.74, 6) is 1.63. The summed E-state index contributed by atoms with van der Waals surface area (Å²) >= 11 is 0. The Balaban J connectivity index is 1.57. The van der Waals surface area contributed by atoms with Gasteiger partial charge in [0.25, 0.3) is 0 Å². The van der Waals surface area contributed by atoms with Gasteiger partial charge in [0.1, 0.15) is 0 Å². The molecule has 0 radical (unpaired) electrons. The minimum Gasteiger partial charge on any atom is -0.493 e. The second-order valence-electron chi connectivity index (χ2n) is 6.10. The smallest absolute Gasteiger partial charge is 0.161 e. The number of nitrogens with one attached hydrogen (secondary N) is 1. The summed E-state index contributed by atoms with van der Waals surface area (Å²) in [4.78, 5) is 2.46. The van der Waals surface area contributed by atoms with Crippen molar-refractivity contribution in [3.63, 3.8) is 0 Å². The first-order chi connectivity index (χ1) is 11.8. The summed E-state index contributed by atoms with van der Waals surface area (Å²) in [5, 5.41) is 3.38. The first kappa shape index (κ1) is 16.8. The van der Waals surface area contributed by atoms with Crippen LogP contribution in [0.4, 0.5) is 0 Å². The third-order valence-electron chi connectivity index (χ3n) is 4.33. The predicted octanol–water partition coefficient (Wildman–Crippen LogP) is 2.72. The van der Waals surface area contributed by atoms with Crippen LogP contribution >= 0.6 is 0 Å². The summed E-state index contributed by atoms with van der Waals surface area (Å²) in [5.41, 5.74) is 2.55. The van der Waals surface area contributed by atoms with Gasteiger partial charge in [0, 0.05) is 39.1 Å². The van der Waals surface area contributed by atoms with Crippen molar-refractivity contribution < 1.29 is 9.47 Å². The van der Waals surface area contributed by atoms with Crippen LogP contribution in [0.1, 0.15) is 11.1 Å². The van der Waals surface area contributed by atoms with Crippen LogP contribution in [-0.2, 0) is 13.0 Å². The van der Waals surface area contributed by atoms with Crippen LogP contribution < -0.4 is 14.8 Å². The molecule has 24 heavy (non-hydrogen) atoms. The third kappa shape index (κ3) is 4.73. The number of rotatable bonds is 7. The van der Waals surface area contributed by atoms with E-state index in [0.29, 0.717) is 6.61 Å². The van der Waals surface area contributed by atoms with Gasteiger partial charge in [0.15, 0.2) is 11.5 Å². The van der Waals surface area contributed by atoms with Gasteiger partial charge in [0.2, 0.25) is 0 Å². The van der Waals surface area contributed by atoms with Crippen molar-refractivity contribution in [2.75, 3.05) is 39.9 Å². The molecule has 1 heterocycles. The lowest BCUT2D eigenvalue weighted by Gasteiger charge is -2.27. The molecule has 1 saturated heterocycles. The topological polar surface area (TPSA) is 33.7 Å². The highest BCUT2D eigenvalue weighted by Crippen LogP contribution is 2.28. The Hall–Kier alpha value is -2.04. The van der Waals surface area contributed by atoms with E-state index < -0.39 is 0 Å². The maximum absolute atomic E-state index is 5.93. The normalized spacial score (nSPS) is 15.2. The average Bonchev–Trinajstić information content (AvgIpc) is 2.64. The molecule has 0 atom stereocenters. The number of ether oxygens (including phenoxy) is 2. The highest BCUT2D eigenvalue weighted by Gasteiger charge is 2.12. The van der Waals surface area contributed by atoms with Gasteiger partial charge in [-0.1, -0.05) is 36.4 Å². The fourth-order valence-corrected chi connectivity index (χ4v) is 2.98. The summed E-state index contributed by atoms with van der Waals surface area (Å²) in [6.07, 6.45) is 0.895. The highest BCUT2D eigenvalue weighted by atomic mass is 16.5. The van der Waals surface area contributed by atoms with Crippen molar-refractivity contribution in [2.45, 2.75) is 13.0 Å². The molecule has 4 nitrogen and oxygen atoms in total. The van der Waals surface area contributed by atoms with E-state index in [-0.39, 0.29) is 0 Å². The molecule has 1 fully saturated rings. The largest absolute Gasteiger partial charge is 0.493 e. The van der Waals surface area contributed by atoms with E-state index in [9.17, 15) is 0 Å². The van der Waals surface area contributed by atoms with Gasteiger partial charge in [-0.05, 0) is 23.3 Å². The van der Waals surface area contributed by atoms with Crippen molar-refractivity contribution in [1.29, 1.82) is 0 Å². The fraction of sp³-hybridized carbons (Fsp3) is 0.400. The number of hydrogen-bond acceptors (Lipinski definition) is 4. The van der Waals surface area contributed by atoms with Crippen molar-refractivity contribution in [3.8, 4) is 11.5 Å². The standard InChI is InChI=1S/C20H26N2O2/c1-23-20-15-18(16-22-12-10-21-11-13-22)7-8-19(20)24-14-9-17-5-3-2-4-6-17/h2-8,15,21H,9-14,16H2,1H3. The first-order valence-corrected chi connectivity index (χ1v) is 8.62. The summed E-state index contributed by atoms with van der Waals surface area (Å²) in [7, 11) is 1.70. The molecule has 0 amide bonds. The van der Waals surface area contributed by atoms with Crippen LogP contribution in [0.2, 0.25) is 0 Å². The third-order valence-corrected chi connectivity index (χ3v) is 4.33. The quantitative estimate of drug-likeness (QED) is 0.848. The lowest BCUT2D eigenvalue weighted by Crippen LogP contribution is -2.42. The first-order valence-electron chi connectivity index (χ1n) is 8.62. The number of piperazine rings is 1. The SMILES string of the molecule is COc1cc(CN2CCNCC2)ccc1OCCc1ccccc1. The molecule has 128 valence electrons. The minimum atomic E-state index is 0.650. The van der Waals surface area contributed by atoms with Crippen LogP contribution in [0, 0.1) is 0 Å². The molecule has 1 N–H and O–H groups in total. The molecule has 0 unspecified atom stereocenters. The molecule has 0 bridgehead atoms. The Morgan fingerprint density at radius 2 is 1.75 bits per heavy atom. The second-order valence-corrected chi connectivity index (χ2v) is 6.10. The van der Waals surface area contributed by atoms with E-state index >= 15 is 0 Å². The number of nitrogens with zero attached hydrogens (tertiary/aromatic N) is 1. The zero-order valence-corrected chi connectivity index (χ0v) is 14.3. The van der Waals surface area contributed by atoms with Crippen LogP contribution in [-0.4, -0.2) is 44.8 Å². The molecule has 3 rings (SSSR count). The second kappa shape index (κ2) is 8.71. The molecule has 0 spiro atoms. The van der Waals surface area contributed by atoms with E-state index in [4.69, 9.17) is 9.47 Å². The van der Waals surface area contributed by atoms with Gasteiger partial charge >= 0.3 is 0 Å². The molecule has 2 aromatic carbocycles. The molecule has 1 aliphatic heterocycles. The van der Waals surface area contributed by atoms with Gasteiger partial charge in [0.05, 0.1) is 13.7 Å². The average molecular weight is 326 g/mol. The van der Waals surface area contributed by atoms with Crippen LogP contribution in [0.25, 0.3) is 0 Å². The van der Waals surface area contributed by atoms with Gasteiger partial charge in [-0.25, -0.2) is 0 Å². The fourth-order valence-electron chi connectivity index (χ4n) is 2.98. The van der Waals surface area contributed by atoms with E-state index in [1.54, 1.807) is 7.11 Å². The molecule has 0 aromatic heterocycles. The Labute approximate surface area is 144 Å². The molecule has 0 aliphatic carbocycles. The monoisotopic (exact) mass is 326 g/mol. The number of hydrogen-bond donors (Lipinski definition) is 1. The molecule has 0 saturated carbocycles. The minimum absolute atomic E-state index is 0.650. The van der Waals surface area contributed by atoms with Gasteiger partial charge in [-0.15, -0.1) is 0 Å². The van der Waals surface area contributed by atoms with Crippen LogP contribution in [0.15, 0.2) is 48.5 Å². The van der Waals surface area contributed by atoms with Crippen molar-refractivity contribution >= 4 is 0 Å². The Morgan fingerprint density at radius 1 is 0.958 bits per heavy atom. The molecular weight excluding hydrogens is 300 g/mol. The molecule has 1 aliphatic rings. The van der Waals surface area contributed by atoms with Gasteiger partial charge in [-0.3, -0.25) is 4.90 Å². The van der Waals surface area contributed by atoms with Gasteiger partial charge in [-0.2, -0.15) is 0 Å². The number of benzene rings is 2. The lowest BCUT2D eigenvalue weighted by molar-refractivity contribution is 0.232. The maximum atomic E-state index is 5.93. The van der Waals surface area contributed by atoms with Crippen molar-refractivity contribution in [2.24, 2.45) is 0 Å². The maximum Gasteiger partial charge on any atom is 0.161 e. The highest BCUT2D eigenvalue weighted by molar-refractivity contribution is 5.43. The van der Waals surface area contributed by atoms with Crippen molar-refractivity contribution in [1.82, 2.24) is 10.2 Å². The Morgan fingerprint density at radius 3 is 2.50 bits per heavy atom. The predicted molar refractivity (Wildman–Crippen MR) is 96.8 cm³/mol. The van der Waals surface area contributed by atoms with Crippen LogP contribution in [0.5, 0.6) is 11.5 Å². The van der Waals surface area contributed by atoms with E-state index in [1.165, 1.54) is 11.1 Å². The Kier molecular flexibility index (Phi) is 6.10. The molecule has 4 heteroatoms. The summed E-state index contributed by atoms with van der Waals surface area (Å²) < 4.78 is 11.5. The molecule has 2 aromatic rings. The van der Waals surface area contributed by atoms with Crippen LogP contribution in [0.3, 0.4) is 0 Å². The molecular formula is C20H26N2O2. The number of methoxy groups -OCH3 is 1. The van der Waals surface area contributed by atoms with E-state index in [2.05, 4.69) is 46.6 Å². The van der Waals surface area contributed by atoms with E-state index in [0.717, 1.165) is 50.6 Å². The van der Waals surface area contributed by atoms with Gasteiger partial charge < -0.3 is 14.8 Å². The summed E-state index contributed by atoms with van der Waals surface area (Å²) in [6.45, 7) is 5.94. The summed E-state index contributed by atoms with van der Waals surface area (Å²) in [6, 6.07) is 16.7. The van der Waals surface area contributed by atoms with Crippen molar-refractivity contribution in [3.05, 3.63) is 59.7 Å². The van der Waals surface area contributed by atoms with E-state index in [1.807, 2.05) is 12.1 Å². The Bertz CT molecular complexity index is 625. The zero-order chi connectivity index (χ0) is 16.6. The zero-order valence-electron chi connectivity index (χ0n) is 14.3. The lowest BCUT2D eigenvalue weighted by atomic mass is 10.1.